The maximum Gasteiger partial charge on any atom is 0.114 e. The van der Waals surface area contributed by atoms with Gasteiger partial charge in [-0.25, -0.2) is 0 Å². The van der Waals surface area contributed by atoms with Crippen LogP contribution in [0.1, 0.15) is 53.4 Å². The molecule has 0 saturated carbocycles. The molecule has 1 N–H and O–H groups in total. The zero-order valence-electron chi connectivity index (χ0n) is 10.5. The molecule has 0 aliphatic heterocycles. The summed E-state index contributed by atoms with van der Waals surface area (Å²) in [5.41, 5.74) is 1.39. The molecule has 0 saturated heterocycles. The Hall–Kier alpha value is -0.740. The second-order valence-corrected chi connectivity index (χ2v) is 4.45. The minimum absolute atomic E-state index is 0.430. The van der Waals surface area contributed by atoms with Gasteiger partial charge in [-0.3, -0.25) is 0 Å². The zero-order valence-corrected chi connectivity index (χ0v) is 10.5. The lowest BCUT2D eigenvalue weighted by atomic mass is 9.97. The van der Waals surface area contributed by atoms with Gasteiger partial charge in [0.25, 0.3) is 0 Å². The molecule has 0 rings (SSSR count). The van der Waals surface area contributed by atoms with Gasteiger partial charge in [-0.15, -0.1) is 5.92 Å². The van der Waals surface area contributed by atoms with Crippen molar-refractivity contribution in [3.63, 3.8) is 0 Å². The molecule has 0 aromatic heterocycles. The highest BCUT2D eigenvalue weighted by Gasteiger charge is 2.04. The first kappa shape index (κ1) is 14.3. The Morgan fingerprint density at radius 2 is 1.93 bits per heavy atom. The number of aliphatic hydroxyl groups is 1. The fourth-order valence-electron chi connectivity index (χ4n) is 1.48. The molecular formula is C14H24O. The molecule has 2 unspecified atom stereocenters. The Bertz CT molecular complexity index is 238. The zero-order chi connectivity index (χ0) is 11.7. The first-order chi connectivity index (χ1) is 7.06. The lowest BCUT2D eigenvalue weighted by molar-refractivity contribution is 0.209. The number of allylic oxidation sites excluding steroid dienone is 2. The Labute approximate surface area is 94.6 Å². The quantitative estimate of drug-likeness (QED) is 0.523. The average Bonchev–Trinajstić information content (AvgIpc) is 2.14. The van der Waals surface area contributed by atoms with Crippen molar-refractivity contribution < 1.29 is 5.11 Å². The molecule has 86 valence electrons. The Morgan fingerprint density at radius 3 is 2.47 bits per heavy atom. The molecule has 0 heterocycles. The van der Waals surface area contributed by atoms with Crippen molar-refractivity contribution in [1.82, 2.24) is 0 Å². The van der Waals surface area contributed by atoms with Gasteiger partial charge in [-0.1, -0.05) is 24.5 Å². The summed E-state index contributed by atoms with van der Waals surface area (Å²) in [7, 11) is 0. The fourth-order valence-corrected chi connectivity index (χ4v) is 1.48. The fraction of sp³-hybridized carbons (Fsp3) is 0.714. The van der Waals surface area contributed by atoms with Crippen molar-refractivity contribution in [2.45, 2.75) is 59.5 Å². The van der Waals surface area contributed by atoms with Crippen LogP contribution in [0.4, 0.5) is 0 Å². The van der Waals surface area contributed by atoms with Crippen molar-refractivity contribution in [3.8, 4) is 11.8 Å². The predicted molar refractivity (Wildman–Crippen MR) is 66.5 cm³/mol. The van der Waals surface area contributed by atoms with Gasteiger partial charge >= 0.3 is 0 Å². The standard InChI is InChI=1S/C14H24O/c1-5-7-14(15)11-10-13(4)9-6-8-12(2)3/h8,13-15H,6,9-11H2,1-4H3. The second-order valence-electron chi connectivity index (χ2n) is 4.45. The van der Waals surface area contributed by atoms with Crippen LogP contribution in [0.5, 0.6) is 0 Å². The highest BCUT2D eigenvalue weighted by molar-refractivity contribution is 5.01. The summed E-state index contributed by atoms with van der Waals surface area (Å²) in [5.74, 6) is 6.18. The summed E-state index contributed by atoms with van der Waals surface area (Å²) in [6, 6.07) is 0. The molecule has 0 aliphatic rings. The van der Waals surface area contributed by atoms with Crippen LogP contribution in [0.3, 0.4) is 0 Å². The van der Waals surface area contributed by atoms with E-state index in [0.717, 1.165) is 19.3 Å². The monoisotopic (exact) mass is 208 g/mol. The molecule has 0 amide bonds. The third kappa shape index (κ3) is 9.56. The van der Waals surface area contributed by atoms with Crippen molar-refractivity contribution in [1.29, 1.82) is 0 Å². The van der Waals surface area contributed by atoms with E-state index >= 15 is 0 Å². The third-order valence-corrected chi connectivity index (χ3v) is 2.46. The van der Waals surface area contributed by atoms with Gasteiger partial charge < -0.3 is 5.11 Å². The largest absolute Gasteiger partial charge is 0.380 e. The third-order valence-electron chi connectivity index (χ3n) is 2.46. The van der Waals surface area contributed by atoms with Gasteiger partial charge in [0.15, 0.2) is 0 Å². The first-order valence-corrected chi connectivity index (χ1v) is 5.80. The predicted octanol–water partition coefficient (Wildman–Crippen LogP) is 3.53. The molecule has 15 heavy (non-hydrogen) atoms. The maximum absolute atomic E-state index is 9.43. The minimum atomic E-state index is -0.430. The smallest absolute Gasteiger partial charge is 0.114 e. The van der Waals surface area contributed by atoms with E-state index in [2.05, 4.69) is 38.7 Å². The first-order valence-electron chi connectivity index (χ1n) is 5.80. The van der Waals surface area contributed by atoms with E-state index in [0.29, 0.717) is 5.92 Å². The highest BCUT2D eigenvalue weighted by atomic mass is 16.3. The molecule has 0 bridgehead atoms. The van der Waals surface area contributed by atoms with Gasteiger partial charge in [0.1, 0.15) is 6.10 Å². The van der Waals surface area contributed by atoms with Crippen LogP contribution < -0.4 is 0 Å². The van der Waals surface area contributed by atoms with Gasteiger partial charge in [0, 0.05) is 0 Å². The molecule has 0 fully saturated rings. The summed E-state index contributed by atoms with van der Waals surface area (Å²) in [6.45, 7) is 8.27. The molecular weight excluding hydrogens is 184 g/mol. The van der Waals surface area contributed by atoms with Crippen LogP contribution in [0.15, 0.2) is 11.6 Å². The lowest BCUT2D eigenvalue weighted by Gasteiger charge is -2.10. The van der Waals surface area contributed by atoms with Gasteiger partial charge in [-0.2, -0.15) is 0 Å². The van der Waals surface area contributed by atoms with E-state index in [4.69, 9.17) is 0 Å². The van der Waals surface area contributed by atoms with E-state index in [9.17, 15) is 5.11 Å². The van der Waals surface area contributed by atoms with Crippen LogP contribution >= 0.6 is 0 Å². The normalized spacial score (nSPS) is 13.7. The van der Waals surface area contributed by atoms with Crippen molar-refractivity contribution >= 4 is 0 Å². The van der Waals surface area contributed by atoms with E-state index in [1.54, 1.807) is 6.92 Å². The SMILES string of the molecule is CC#CC(O)CCC(C)CCC=C(C)C. The highest BCUT2D eigenvalue weighted by Crippen LogP contribution is 2.14. The maximum atomic E-state index is 9.43. The molecule has 2 atom stereocenters. The van der Waals surface area contributed by atoms with Crippen LogP contribution in [0.25, 0.3) is 0 Å². The summed E-state index contributed by atoms with van der Waals surface area (Å²) in [4.78, 5) is 0. The number of aliphatic hydroxyl groups excluding tert-OH is 1. The summed E-state index contributed by atoms with van der Waals surface area (Å²) in [6.07, 6.45) is 6.07. The molecule has 1 nitrogen and oxygen atoms in total. The van der Waals surface area contributed by atoms with E-state index in [1.807, 2.05) is 0 Å². The number of hydrogen-bond donors (Lipinski definition) is 1. The Kier molecular flexibility index (Phi) is 8.14. The van der Waals surface area contributed by atoms with Crippen molar-refractivity contribution in [3.05, 3.63) is 11.6 Å². The average molecular weight is 208 g/mol. The van der Waals surface area contributed by atoms with E-state index in [-0.39, 0.29) is 0 Å². The molecule has 0 aromatic rings. The van der Waals surface area contributed by atoms with E-state index in [1.165, 1.54) is 12.0 Å². The summed E-state index contributed by atoms with van der Waals surface area (Å²) >= 11 is 0. The topological polar surface area (TPSA) is 20.2 Å². The van der Waals surface area contributed by atoms with Gasteiger partial charge in [-0.05, 0) is 52.4 Å². The molecule has 0 spiro atoms. The summed E-state index contributed by atoms with van der Waals surface area (Å²) in [5, 5.41) is 9.43. The van der Waals surface area contributed by atoms with Crippen molar-refractivity contribution in [2.24, 2.45) is 5.92 Å². The number of hydrogen-bond acceptors (Lipinski definition) is 1. The summed E-state index contributed by atoms with van der Waals surface area (Å²) < 4.78 is 0. The van der Waals surface area contributed by atoms with Crippen LogP contribution in [-0.2, 0) is 0 Å². The molecule has 1 heteroatoms. The van der Waals surface area contributed by atoms with E-state index < -0.39 is 6.10 Å². The molecule has 0 aromatic carbocycles. The number of rotatable bonds is 6. The van der Waals surface area contributed by atoms with Crippen LogP contribution in [0.2, 0.25) is 0 Å². The van der Waals surface area contributed by atoms with Gasteiger partial charge in [0.05, 0.1) is 0 Å². The Morgan fingerprint density at radius 1 is 1.27 bits per heavy atom. The van der Waals surface area contributed by atoms with Crippen LogP contribution in [-0.4, -0.2) is 11.2 Å². The van der Waals surface area contributed by atoms with Gasteiger partial charge in [0.2, 0.25) is 0 Å². The minimum Gasteiger partial charge on any atom is -0.380 e. The Balaban J connectivity index is 3.60. The molecule has 0 aliphatic carbocycles. The van der Waals surface area contributed by atoms with Crippen molar-refractivity contribution in [2.75, 3.05) is 0 Å². The van der Waals surface area contributed by atoms with Crippen LogP contribution in [0, 0.1) is 17.8 Å². The molecule has 0 radical (unpaired) electrons. The second kappa shape index (κ2) is 8.56. The lowest BCUT2D eigenvalue weighted by Crippen LogP contribution is -2.05.